The highest BCUT2D eigenvalue weighted by atomic mass is 32.2. The molecule has 0 spiro atoms. The van der Waals surface area contributed by atoms with Gasteiger partial charge in [0.05, 0.1) is 23.5 Å². The van der Waals surface area contributed by atoms with Gasteiger partial charge in [-0.05, 0) is 38.3 Å². The first-order valence-corrected chi connectivity index (χ1v) is 13.4. The normalized spacial score (nSPS) is 21.7. The highest BCUT2D eigenvalue weighted by Crippen LogP contribution is 2.35. The van der Waals surface area contributed by atoms with Gasteiger partial charge in [-0.2, -0.15) is 0 Å². The third-order valence-corrected chi connectivity index (χ3v) is 8.66. The van der Waals surface area contributed by atoms with Crippen molar-refractivity contribution in [2.24, 2.45) is 0 Å². The second-order valence-corrected chi connectivity index (χ2v) is 11.1. The average molecular weight is 453 g/mol. The van der Waals surface area contributed by atoms with Crippen molar-refractivity contribution in [3.8, 4) is 11.6 Å². The average Bonchev–Trinajstić information content (AvgIpc) is 3.47. The zero-order valence-corrected chi connectivity index (χ0v) is 18.8. The maximum atomic E-state index is 12.9. The molecule has 0 radical (unpaired) electrons. The number of rotatable bonds is 7. The van der Waals surface area contributed by atoms with Crippen LogP contribution in [0, 0.1) is 0 Å². The van der Waals surface area contributed by atoms with Crippen LogP contribution in [0.15, 0.2) is 28.0 Å². The molecule has 0 bridgehead atoms. The minimum absolute atomic E-state index is 0.0534. The number of furan rings is 1. The van der Waals surface area contributed by atoms with E-state index in [2.05, 4.69) is 14.8 Å². The molecule has 1 atom stereocenters. The molecule has 1 saturated heterocycles. The molecule has 2 fully saturated rings. The standard InChI is InChI=1S/C20H28N4O4S2/c1-2-23(16-10-12-30(26,27)14-16)18(25)13-29-20-22-21-19(17-9-6-11-28-17)24(20)15-7-4-3-5-8-15/h6,9,11,15-16H,2-5,7-8,10,12-14H2,1H3. The topological polar surface area (TPSA) is 98.3 Å². The van der Waals surface area contributed by atoms with E-state index >= 15 is 0 Å². The van der Waals surface area contributed by atoms with Crippen molar-refractivity contribution >= 4 is 27.5 Å². The largest absolute Gasteiger partial charge is 0.461 e. The molecule has 1 unspecified atom stereocenters. The van der Waals surface area contributed by atoms with Gasteiger partial charge in [0, 0.05) is 18.6 Å². The Labute approximate surface area is 181 Å². The third-order valence-electron chi connectivity index (χ3n) is 5.98. The Morgan fingerprint density at radius 1 is 1.27 bits per heavy atom. The molecule has 1 aliphatic heterocycles. The van der Waals surface area contributed by atoms with E-state index in [1.54, 1.807) is 11.2 Å². The molecule has 30 heavy (non-hydrogen) atoms. The Morgan fingerprint density at radius 3 is 2.70 bits per heavy atom. The van der Waals surface area contributed by atoms with Crippen molar-refractivity contribution in [3.05, 3.63) is 18.4 Å². The molecule has 3 heterocycles. The van der Waals surface area contributed by atoms with Crippen LogP contribution >= 0.6 is 11.8 Å². The number of thioether (sulfide) groups is 1. The first-order valence-electron chi connectivity index (χ1n) is 10.6. The number of amides is 1. The van der Waals surface area contributed by atoms with Crippen LogP contribution in [-0.2, 0) is 14.6 Å². The minimum Gasteiger partial charge on any atom is -0.461 e. The van der Waals surface area contributed by atoms with E-state index in [0.717, 1.165) is 18.0 Å². The summed E-state index contributed by atoms with van der Waals surface area (Å²) >= 11 is 1.38. The summed E-state index contributed by atoms with van der Waals surface area (Å²) in [5, 5.41) is 9.46. The molecule has 8 nitrogen and oxygen atoms in total. The highest BCUT2D eigenvalue weighted by Gasteiger charge is 2.34. The molecule has 2 aromatic heterocycles. The van der Waals surface area contributed by atoms with Gasteiger partial charge in [-0.1, -0.05) is 31.0 Å². The quantitative estimate of drug-likeness (QED) is 0.595. The molecular weight excluding hydrogens is 424 g/mol. The van der Waals surface area contributed by atoms with E-state index in [-0.39, 0.29) is 29.2 Å². The molecule has 1 aliphatic carbocycles. The van der Waals surface area contributed by atoms with Crippen molar-refractivity contribution in [2.45, 2.75) is 62.7 Å². The number of carbonyl (C=O) groups is 1. The van der Waals surface area contributed by atoms with E-state index in [1.165, 1.54) is 31.0 Å². The predicted octanol–water partition coefficient (Wildman–Crippen LogP) is 3.17. The summed E-state index contributed by atoms with van der Waals surface area (Å²) in [6, 6.07) is 3.79. The van der Waals surface area contributed by atoms with Gasteiger partial charge in [0.15, 0.2) is 20.8 Å². The molecule has 4 rings (SSSR count). The molecule has 1 saturated carbocycles. The SMILES string of the molecule is CCN(C(=O)CSc1nnc(-c2ccco2)n1C1CCCCC1)C1CCS(=O)(=O)C1. The summed E-state index contributed by atoms with van der Waals surface area (Å²) in [6.45, 7) is 2.40. The Morgan fingerprint density at radius 2 is 2.07 bits per heavy atom. The molecule has 1 amide bonds. The van der Waals surface area contributed by atoms with Gasteiger partial charge in [-0.15, -0.1) is 10.2 Å². The van der Waals surface area contributed by atoms with Gasteiger partial charge >= 0.3 is 0 Å². The van der Waals surface area contributed by atoms with E-state index in [9.17, 15) is 13.2 Å². The van der Waals surface area contributed by atoms with Crippen molar-refractivity contribution < 1.29 is 17.6 Å². The zero-order valence-electron chi connectivity index (χ0n) is 17.2. The summed E-state index contributed by atoms with van der Waals surface area (Å²) in [5.41, 5.74) is 0. The van der Waals surface area contributed by atoms with Crippen LogP contribution in [0.5, 0.6) is 0 Å². The van der Waals surface area contributed by atoms with Gasteiger partial charge < -0.3 is 9.32 Å². The summed E-state index contributed by atoms with van der Waals surface area (Å²) in [6.07, 6.45) is 7.86. The van der Waals surface area contributed by atoms with Crippen LogP contribution in [-0.4, -0.2) is 63.8 Å². The van der Waals surface area contributed by atoms with E-state index < -0.39 is 9.84 Å². The minimum atomic E-state index is -3.03. The van der Waals surface area contributed by atoms with Gasteiger partial charge in [-0.25, -0.2) is 8.42 Å². The Hall–Kier alpha value is -1.81. The van der Waals surface area contributed by atoms with Crippen molar-refractivity contribution in [1.82, 2.24) is 19.7 Å². The van der Waals surface area contributed by atoms with E-state index in [1.807, 2.05) is 19.1 Å². The molecule has 0 aromatic carbocycles. The molecule has 2 aliphatic rings. The molecule has 2 aromatic rings. The van der Waals surface area contributed by atoms with Gasteiger partial charge in [0.25, 0.3) is 0 Å². The molecule has 164 valence electrons. The maximum Gasteiger partial charge on any atom is 0.233 e. The van der Waals surface area contributed by atoms with Crippen LogP contribution in [0.25, 0.3) is 11.6 Å². The number of aromatic nitrogens is 3. The first-order chi connectivity index (χ1) is 14.5. The van der Waals surface area contributed by atoms with Crippen LogP contribution in [0.1, 0.15) is 51.5 Å². The number of carbonyl (C=O) groups excluding carboxylic acids is 1. The molecule has 0 N–H and O–H groups in total. The van der Waals surface area contributed by atoms with E-state index in [4.69, 9.17) is 4.42 Å². The lowest BCUT2D eigenvalue weighted by Crippen LogP contribution is -2.42. The van der Waals surface area contributed by atoms with Crippen molar-refractivity contribution in [2.75, 3.05) is 23.8 Å². The number of hydrogen-bond acceptors (Lipinski definition) is 7. The van der Waals surface area contributed by atoms with Crippen LogP contribution in [0.4, 0.5) is 0 Å². The van der Waals surface area contributed by atoms with Crippen molar-refractivity contribution in [1.29, 1.82) is 0 Å². The monoisotopic (exact) mass is 452 g/mol. The van der Waals surface area contributed by atoms with Crippen molar-refractivity contribution in [3.63, 3.8) is 0 Å². The third kappa shape index (κ3) is 4.59. The van der Waals surface area contributed by atoms with Gasteiger partial charge in [-0.3, -0.25) is 9.36 Å². The lowest BCUT2D eigenvalue weighted by atomic mass is 9.95. The Balaban J connectivity index is 1.50. The van der Waals surface area contributed by atoms with Gasteiger partial charge in [0.2, 0.25) is 11.7 Å². The fraction of sp³-hybridized carbons (Fsp3) is 0.650. The molecule has 10 heteroatoms. The number of sulfone groups is 1. The number of hydrogen-bond donors (Lipinski definition) is 0. The summed E-state index contributed by atoms with van der Waals surface area (Å²) in [7, 11) is -3.03. The second kappa shape index (κ2) is 9.13. The van der Waals surface area contributed by atoms with E-state index in [0.29, 0.717) is 30.6 Å². The van der Waals surface area contributed by atoms with Crippen LogP contribution in [0.3, 0.4) is 0 Å². The summed E-state index contributed by atoms with van der Waals surface area (Å²) in [5.74, 6) is 1.78. The predicted molar refractivity (Wildman–Crippen MR) is 115 cm³/mol. The maximum absolute atomic E-state index is 12.9. The van der Waals surface area contributed by atoms with Crippen LogP contribution < -0.4 is 0 Å². The lowest BCUT2D eigenvalue weighted by molar-refractivity contribution is -0.129. The smallest absolute Gasteiger partial charge is 0.233 e. The Kier molecular flexibility index (Phi) is 6.52. The second-order valence-electron chi connectivity index (χ2n) is 7.97. The Bertz CT molecular complexity index is 965. The fourth-order valence-electron chi connectivity index (χ4n) is 4.49. The first kappa shape index (κ1) is 21.4. The fourth-order valence-corrected chi connectivity index (χ4v) is 7.11. The lowest BCUT2D eigenvalue weighted by Gasteiger charge is -2.27. The zero-order chi connectivity index (χ0) is 21.1. The highest BCUT2D eigenvalue weighted by molar-refractivity contribution is 7.99. The summed E-state index contributed by atoms with van der Waals surface area (Å²) in [4.78, 5) is 14.6. The van der Waals surface area contributed by atoms with Crippen LogP contribution in [0.2, 0.25) is 0 Å². The number of nitrogens with zero attached hydrogens (tertiary/aromatic N) is 4. The molecular formula is C20H28N4O4S2. The summed E-state index contributed by atoms with van der Waals surface area (Å²) < 4.78 is 31.3. The van der Waals surface area contributed by atoms with Gasteiger partial charge in [0.1, 0.15) is 0 Å².